The van der Waals surface area contributed by atoms with Crippen molar-refractivity contribution in [2.24, 2.45) is 23.7 Å². The fraction of sp³-hybridized carbons (Fsp3) is 1.00. The Hall–Kier alpha value is -0.0800. The highest BCUT2D eigenvalue weighted by atomic mass is 15.2. The van der Waals surface area contributed by atoms with Crippen LogP contribution in [0.25, 0.3) is 0 Å². The average molecular weight is 266 g/mol. The van der Waals surface area contributed by atoms with E-state index in [1.807, 2.05) is 13.8 Å². The summed E-state index contributed by atoms with van der Waals surface area (Å²) in [6, 6.07) is 0.790. The molecule has 0 aromatic heterocycles. The van der Waals surface area contributed by atoms with Crippen LogP contribution in [0.4, 0.5) is 0 Å². The number of hydrogen-bond acceptors (Lipinski definition) is 2. The molecule has 112 valence electrons. The fourth-order valence-corrected chi connectivity index (χ4v) is 3.62. The minimum absolute atomic E-state index is 0.790. The molecule has 4 atom stereocenters. The second-order valence-electron chi connectivity index (χ2n) is 7.11. The summed E-state index contributed by atoms with van der Waals surface area (Å²) in [5.41, 5.74) is 0. The number of nitrogens with zero attached hydrogens (tertiary/aromatic N) is 2. The van der Waals surface area contributed by atoms with Crippen molar-refractivity contribution < 1.29 is 0 Å². The van der Waals surface area contributed by atoms with Crippen LogP contribution in [0.3, 0.4) is 0 Å². The van der Waals surface area contributed by atoms with Gasteiger partial charge in [-0.15, -0.1) is 0 Å². The van der Waals surface area contributed by atoms with E-state index in [1.54, 1.807) is 0 Å². The predicted molar refractivity (Wildman–Crippen MR) is 83.4 cm³/mol. The molecule has 0 aromatic carbocycles. The van der Waals surface area contributed by atoms with E-state index in [1.165, 1.54) is 45.4 Å². The molecule has 2 heteroatoms. The van der Waals surface area contributed by atoms with Gasteiger partial charge in [-0.05, 0) is 70.4 Å². The van der Waals surface area contributed by atoms with Crippen LogP contribution in [0.1, 0.15) is 47.0 Å². The lowest BCUT2D eigenvalue weighted by Gasteiger charge is -2.21. The molecule has 2 saturated carbocycles. The molecule has 0 N–H and O–H groups in total. The van der Waals surface area contributed by atoms with Gasteiger partial charge in [0.15, 0.2) is 0 Å². The summed E-state index contributed by atoms with van der Waals surface area (Å²) in [5.74, 6) is 4.46. The van der Waals surface area contributed by atoms with Crippen molar-refractivity contribution in [3.8, 4) is 0 Å². The first-order valence-corrected chi connectivity index (χ1v) is 8.56. The first kappa shape index (κ1) is 15.3. The Kier molecular flexibility index (Phi) is 5.30. The first-order chi connectivity index (χ1) is 9.13. The molecule has 19 heavy (non-hydrogen) atoms. The monoisotopic (exact) mass is 266 g/mol. The summed E-state index contributed by atoms with van der Waals surface area (Å²) >= 11 is 0. The lowest BCUT2D eigenvalue weighted by Crippen LogP contribution is -2.29. The van der Waals surface area contributed by atoms with Gasteiger partial charge in [0.05, 0.1) is 0 Å². The van der Waals surface area contributed by atoms with Gasteiger partial charge in [0.1, 0.15) is 0 Å². The summed E-state index contributed by atoms with van der Waals surface area (Å²) in [4.78, 5) is 5.05. The molecule has 2 nitrogen and oxygen atoms in total. The Morgan fingerprint density at radius 1 is 0.842 bits per heavy atom. The van der Waals surface area contributed by atoms with E-state index in [2.05, 4.69) is 30.7 Å². The van der Waals surface area contributed by atoms with Gasteiger partial charge in [0, 0.05) is 25.7 Å². The zero-order valence-electron chi connectivity index (χ0n) is 13.7. The van der Waals surface area contributed by atoms with Gasteiger partial charge in [0.25, 0.3) is 0 Å². The number of fused-ring (bicyclic) bond motifs is 2. The molecule has 2 aliphatic heterocycles. The van der Waals surface area contributed by atoms with Gasteiger partial charge < -0.3 is 9.80 Å². The van der Waals surface area contributed by atoms with Crippen LogP contribution in [0, 0.1) is 23.7 Å². The van der Waals surface area contributed by atoms with Gasteiger partial charge in [-0.1, -0.05) is 13.8 Å². The topological polar surface area (TPSA) is 6.48 Å². The summed E-state index contributed by atoms with van der Waals surface area (Å²) in [6.45, 7) is 14.1. The van der Waals surface area contributed by atoms with E-state index in [4.69, 9.17) is 0 Å². The zero-order chi connectivity index (χ0) is 14.0. The van der Waals surface area contributed by atoms with Crippen molar-refractivity contribution in [2.75, 3.05) is 33.2 Å². The largest absolute Gasteiger partial charge is 0.306 e. The average Bonchev–Trinajstić information content (AvgIpc) is 3.30. The molecular formula is C17H34N2. The van der Waals surface area contributed by atoms with Crippen LogP contribution in [0.2, 0.25) is 0 Å². The minimum atomic E-state index is 0.790. The Morgan fingerprint density at radius 3 is 1.79 bits per heavy atom. The van der Waals surface area contributed by atoms with Crippen molar-refractivity contribution in [1.82, 2.24) is 9.80 Å². The van der Waals surface area contributed by atoms with Crippen LogP contribution >= 0.6 is 0 Å². The SMILES string of the molecule is CC.CC(C)N1CC2CC2C1.CN1CCC2CC2C1. The highest BCUT2D eigenvalue weighted by Crippen LogP contribution is 2.45. The van der Waals surface area contributed by atoms with Crippen LogP contribution in [0.5, 0.6) is 0 Å². The van der Waals surface area contributed by atoms with Crippen molar-refractivity contribution in [3.63, 3.8) is 0 Å². The third-order valence-corrected chi connectivity index (χ3v) is 5.23. The maximum atomic E-state index is 2.60. The van der Waals surface area contributed by atoms with Crippen LogP contribution in [-0.2, 0) is 0 Å². The number of piperidine rings is 2. The molecule has 2 aliphatic carbocycles. The second-order valence-corrected chi connectivity index (χ2v) is 7.11. The number of likely N-dealkylation sites (tertiary alicyclic amines) is 2. The summed E-state index contributed by atoms with van der Waals surface area (Å²) < 4.78 is 0. The standard InChI is InChI=1S/C8H15N.C7H13N.C2H6/c1-6(2)9-4-7-3-8(7)5-9;1-8-3-2-6-4-7(6)5-8;1-2/h6-8H,3-5H2,1-2H3;6-7H,2-5H2,1H3;1-2H3. The molecule has 0 aromatic rings. The van der Waals surface area contributed by atoms with E-state index in [0.717, 1.165) is 29.7 Å². The molecule has 4 aliphatic rings. The molecule has 4 rings (SSSR count). The van der Waals surface area contributed by atoms with E-state index in [0.29, 0.717) is 0 Å². The van der Waals surface area contributed by atoms with Crippen LogP contribution < -0.4 is 0 Å². The maximum Gasteiger partial charge on any atom is 0.00388 e. The molecule has 4 unspecified atom stereocenters. The summed E-state index contributed by atoms with van der Waals surface area (Å²) in [7, 11) is 2.23. The smallest absolute Gasteiger partial charge is 0.00388 e. The van der Waals surface area contributed by atoms with Crippen molar-refractivity contribution in [1.29, 1.82) is 0 Å². The molecule has 2 heterocycles. The Bertz CT molecular complexity index is 266. The molecule has 0 amide bonds. The highest BCUT2D eigenvalue weighted by molar-refractivity contribution is 4.97. The molecule has 0 bridgehead atoms. The lowest BCUT2D eigenvalue weighted by molar-refractivity contribution is 0.248. The number of rotatable bonds is 1. The normalized spacial score (nSPS) is 39.5. The van der Waals surface area contributed by atoms with Crippen molar-refractivity contribution >= 4 is 0 Å². The third kappa shape index (κ3) is 4.19. The Morgan fingerprint density at radius 2 is 1.37 bits per heavy atom. The summed E-state index contributed by atoms with van der Waals surface area (Å²) in [6.07, 6.45) is 4.54. The van der Waals surface area contributed by atoms with Crippen LogP contribution in [0.15, 0.2) is 0 Å². The number of hydrogen-bond donors (Lipinski definition) is 0. The van der Waals surface area contributed by atoms with Gasteiger partial charge in [-0.2, -0.15) is 0 Å². The third-order valence-electron chi connectivity index (χ3n) is 5.23. The van der Waals surface area contributed by atoms with Gasteiger partial charge in [-0.25, -0.2) is 0 Å². The van der Waals surface area contributed by atoms with Crippen molar-refractivity contribution in [3.05, 3.63) is 0 Å². The minimum Gasteiger partial charge on any atom is -0.306 e. The Balaban J connectivity index is 0.000000125. The lowest BCUT2D eigenvalue weighted by atomic mass is 10.1. The van der Waals surface area contributed by atoms with Crippen molar-refractivity contribution in [2.45, 2.75) is 53.0 Å². The molecule has 0 radical (unpaired) electrons. The molecule has 0 spiro atoms. The zero-order valence-corrected chi connectivity index (χ0v) is 13.7. The fourth-order valence-electron chi connectivity index (χ4n) is 3.62. The Labute approximate surface area is 120 Å². The van der Waals surface area contributed by atoms with Gasteiger partial charge in [0.2, 0.25) is 0 Å². The molecule has 4 fully saturated rings. The first-order valence-electron chi connectivity index (χ1n) is 8.56. The maximum absolute atomic E-state index is 2.60. The predicted octanol–water partition coefficient (Wildman–Crippen LogP) is 3.33. The molecule has 2 saturated heterocycles. The van der Waals surface area contributed by atoms with E-state index >= 15 is 0 Å². The highest BCUT2D eigenvalue weighted by Gasteiger charge is 2.45. The van der Waals surface area contributed by atoms with E-state index in [-0.39, 0.29) is 0 Å². The summed E-state index contributed by atoms with van der Waals surface area (Å²) in [5, 5.41) is 0. The van der Waals surface area contributed by atoms with Gasteiger partial charge >= 0.3 is 0 Å². The second kappa shape index (κ2) is 6.58. The van der Waals surface area contributed by atoms with Crippen LogP contribution in [-0.4, -0.2) is 49.1 Å². The van der Waals surface area contributed by atoms with E-state index < -0.39 is 0 Å². The quantitative estimate of drug-likeness (QED) is 0.718. The van der Waals surface area contributed by atoms with Gasteiger partial charge in [-0.3, -0.25) is 0 Å². The molecular weight excluding hydrogens is 232 g/mol. The van der Waals surface area contributed by atoms with E-state index in [9.17, 15) is 0 Å².